The lowest BCUT2D eigenvalue weighted by atomic mass is 9.89. The smallest absolute Gasteiger partial charge is 0.410 e. The van der Waals surface area contributed by atoms with Crippen LogP contribution in [0.5, 0.6) is 5.75 Å². The van der Waals surface area contributed by atoms with E-state index in [1.165, 1.54) is 50.0 Å². The van der Waals surface area contributed by atoms with Crippen molar-refractivity contribution in [2.75, 3.05) is 32.7 Å². The van der Waals surface area contributed by atoms with E-state index in [-0.39, 0.29) is 6.09 Å². The second-order valence-corrected chi connectivity index (χ2v) is 9.86. The first-order chi connectivity index (χ1) is 17.2. The molecule has 1 aliphatic rings. The van der Waals surface area contributed by atoms with Crippen LogP contribution in [-0.2, 0) is 6.42 Å². The number of aromatic nitrogens is 1. The molecule has 1 aliphatic heterocycles. The number of carbonyl (C=O) groups is 1. The van der Waals surface area contributed by atoms with Crippen LogP contribution in [0.1, 0.15) is 69.4 Å². The summed E-state index contributed by atoms with van der Waals surface area (Å²) in [5.41, 5.74) is 3.90. The molecule has 1 saturated heterocycles. The second-order valence-electron chi connectivity index (χ2n) is 9.86. The molecule has 0 unspecified atom stereocenters. The fourth-order valence-electron chi connectivity index (χ4n) is 5.29. The van der Waals surface area contributed by atoms with Crippen molar-refractivity contribution in [1.29, 1.82) is 0 Å². The molecule has 0 saturated carbocycles. The van der Waals surface area contributed by atoms with Crippen LogP contribution < -0.4 is 4.74 Å². The number of nitrogens with zero attached hydrogens (tertiary/aromatic N) is 2. The van der Waals surface area contributed by atoms with E-state index in [1.54, 1.807) is 4.90 Å². The SMILES string of the molecule is CCCN(CCC)C(=O)Oc1ccc2[nH]cc(CCCCN3CCC(c4ccccc4)CC3)c2c1. The van der Waals surface area contributed by atoms with Crippen molar-refractivity contribution in [3.8, 4) is 5.75 Å². The van der Waals surface area contributed by atoms with Crippen molar-refractivity contribution in [2.24, 2.45) is 0 Å². The summed E-state index contributed by atoms with van der Waals surface area (Å²) in [5, 5.41) is 1.16. The Hall–Kier alpha value is -2.79. The maximum Gasteiger partial charge on any atom is 0.415 e. The average Bonchev–Trinajstić information content (AvgIpc) is 3.29. The van der Waals surface area contributed by atoms with Crippen LogP contribution in [0.4, 0.5) is 4.79 Å². The highest BCUT2D eigenvalue weighted by Crippen LogP contribution is 2.28. The molecule has 0 atom stereocenters. The lowest BCUT2D eigenvalue weighted by Crippen LogP contribution is -2.34. The molecule has 3 aromatic rings. The predicted molar refractivity (Wildman–Crippen MR) is 144 cm³/mol. The van der Waals surface area contributed by atoms with Gasteiger partial charge in [-0.15, -0.1) is 0 Å². The second kappa shape index (κ2) is 12.8. The van der Waals surface area contributed by atoms with Crippen molar-refractivity contribution in [3.05, 3.63) is 65.9 Å². The van der Waals surface area contributed by atoms with Crippen molar-refractivity contribution in [2.45, 2.75) is 64.7 Å². The number of benzene rings is 2. The number of hydrogen-bond donors (Lipinski definition) is 1. The number of likely N-dealkylation sites (tertiary alicyclic amines) is 1. The Balaban J connectivity index is 1.25. The van der Waals surface area contributed by atoms with Crippen molar-refractivity contribution in [1.82, 2.24) is 14.8 Å². The molecule has 0 aliphatic carbocycles. The predicted octanol–water partition coefficient (Wildman–Crippen LogP) is 6.99. The molecule has 4 rings (SSSR count). The molecule has 35 heavy (non-hydrogen) atoms. The number of aromatic amines is 1. The van der Waals surface area contributed by atoms with Gasteiger partial charge >= 0.3 is 6.09 Å². The number of ether oxygens (including phenoxy) is 1. The van der Waals surface area contributed by atoms with E-state index in [2.05, 4.69) is 60.3 Å². The minimum atomic E-state index is -0.249. The van der Waals surface area contributed by atoms with Crippen molar-refractivity contribution < 1.29 is 9.53 Å². The summed E-state index contributed by atoms with van der Waals surface area (Å²) >= 11 is 0. The van der Waals surface area contributed by atoms with Crippen LogP contribution in [-0.4, -0.2) is 53.6 Å². The molecule has 1 aromatic heterocycles. The van der Waals surface area contributed by atoms with Gasteiger partial charge < -0.3 is 19.5 Å². The monoisotopic (exact) mass is 475 g/mol. The lowest BCUT2D eigenvalue weighted by Gasteiger charge is -2.32. The van der Waals surface area contributed by atoms with E-state index in [9.17, 15) is 4.79 Å². The molecular formula is C30H41N3O2. The first-order valence-corrected chi connectivity index (χ1v) is 13.5. The molecule has 0 spiro atoms. The average molecular weight is 476 g/mol. The normalized spacial score (nSPS) is 14.9. The molecule has 5 nitrogen and oxygen atoms in total. The van der Waals surface area contributed by atoms with Crippen LogP contribution in [0.2, 0.25) is 0 Å². The topological polar surface area (TPSA) is 48.6 Å². The first kappa shape index (κ1) is 25.3. The molecule has 0 radical (unpaired) electrons. The van der Waals surface area contributed by atoms with E-state index >= 15 is 0 Å². The standard InChI is InChI=1S/C30H41N3O2/c1-3-17-33(18-4-2)30(34)35-27-13-14-29-28(22-27)26(23-31-29)12-8-9-19-32-20-15-25(16-21-32)24-10-6-5-7-11-24/h5-7,10-11,13-14,22-23,25,31H,3-4,8-9,12,15-21H2,1-2H3. The number of amides is 1. The molecule has 5 heteroatoms. The fourth-order valence-corrected chi connectivity index (χ4v) is 5.29. The molecule has 188 valence electrons. The number of piperidine rings is 1. The van der Waals surface area contributed by atoms with Crippen molar-refractivity contribution >= 4 is 17.0 Å². The number of unbranched alkanes of at least 4 members (excludes halogenated alkanes) is 1. The Morgan fingerprint density at radius 1 is 1.03 bits per heavy atom. The Morgan fingerprint density at radius 2 is 1.77 bits per heavy atom. The molecule has 1 N–H and O–H groups in total. The minimum absolute atomic E-state index is 0.249. The third kappa shape index (κ3) is 6.88. The van der Waals surface area contributed by atoms with Crippen LogP contribution in [0.25, 0.3) is 10.9 Å². The lowest BCUT2D eigenvalue weighted by molar-refractivity contribution is 0.152. The summed E-state index contributed by atoms with van der Waals surface area (Å²) in [6.07, 6.45) is 9.67. The molecule has 1 amide bonds. The summed E-state index contributed by atoms with van der Waals surface area (Å²) in [7, 11) is 0. The number of hydrogen-bond acceptors (Lipinski definition) is 3. The van der Waals surface area contributed by atoms with Gasteiger partial charge in [0, 0.05) is 30.2 Å². The van der Waals surface area contributed by atoms with Gasteiger partial charge in [-0.3, -0.25) is 0 Å². The van der Waals surface area contributed by atoms with Crippen molar-refractivity contribution in [3.63, 3.8) is 0 Å². The van der Waals surface area contributed by atoms with E-state index in [1.807, 2.05) is 18.2 Å². The van der Waals surface area contributed by atoms with E-state index in [4.69, 9.17) is 4.74 Å². The zero-order valence-electron chi connectivity index (χ0n) is 21.5. The minimum Gasteiger partial charge on any atom is -0.410 e. The summed E-state index contributed by atoms with van der Waals surface area (Å²) in [4.78, 5) is 20.4. The quantitative estimate of drug-likeness (QED) is 0.304. The summed E-state index contributed by atoms with van der Waals surface area (Å²) in [5.74, 6) is 1.35. The van der Waals surface area contributed by atoms with Gasteiger partial charge in [0.05, 0.1) is 0 Å². The molecule has 0 bridgehead atoms. The van der Waals surface area contributed by atoms with Crippen LogP contribution in [0, 0.1) is 0 Å². The number of nitrogens with one attached hydrogen (secondary N) is 1. The Morgan fingerprint density at radius 3 is 2.49 bits per heavy atom. The molecular weight excluding hydrogens is 434 g/mol. The largest absolute Gasteiger partial charge is 0.415 e. The van der Waals surface area contributed by atoms with Gasteiger partial charge in [-0.05, 0) is 99.8 Å². The number of carbonyl (C=O) groups excluding carboxylic acids is 1. The maximum atomic E-state index is 12.6. The zero-order valence-corrected chi connectivity index (χ0v) is 21.5. The van der Waals surface area contributed by atoms with Gasteiger partial charge in [0.25, 0.3) is 0 Å². The van der Waals surface area contributed by atoms with E-state index < -0.39 is 0 Å². The number of aryl methyl sites for hydroxylation is 1. The zero-order chi connectivity index (χ0) is 24.5. The Kier molecular flexibility index (Phi) is 9.24. The van der Waals surface area contributed by atoms with Gasteiger partial charge in [-0.1, -0.05) is 44.2 Å². The van der Waals surface area contributed by atoms with Gasteiger partial charge in [-0.2, -0.15) is 0 Å². The number of rotatable bonds is 11. The van der Waals surface area contributed by atoms with Crippen LogP contribution in [0.15, 0.2) is 54.7 Å². The number of H-pyrrole nitrogens is 1. The maximum absolute atomic E-state index is 12.6. The van der Waals surface area contributed by atoms with E-state index in [0.29, 0.717) is 5.75 Å². The summed E-state index contributed by atoms with van der Waals surface area (Å²) in [6.45, 7) is 9.21. The van der Waals surface area contributed by atoms with Gasteiger partial charge in [0.2, 0.25) is 0 Å². The van der Waals surface area contributed by atoms with Gasteiger partial charge in [-0.25, -0.2) is 4.79 Å². The van der Waals surface area contributed by atoms with Gasteiger partial charge in [0.15, 0.2) is 0 Å². The van der Waals surface area contributed by atoms with Crippen LogP contribution >= 0.6 is 0 Å². The summed E-state index contributed by atoms with van der Waals surface area (Å²) < 4.78 is 5.73. The van der Waals surface area contributed by atoms with Gasteiger partial charge in [0.1, 0.15) is 5.75 Å². The van der Waals surface area contributed by atoms with Crippen LogP contribution in [0.3, 0.4) is 0 Å². The number of fused-ring (bicyclic) bond motifs is 1. The first-order valence-electron chi connectivity index (χ1n) is 13.5. The highest BCUT2D eigenvalue weighted by Gasteiger charge is 2.20. The van der Waals surface area contributed by atoms with E-state index in [0.717, 1.165) is 55.6 Å². The molecule has 2 aromatic carbocycles. The third-order valence-electron chi connectivity index (χ3n) is 7.22. The fraction of sp³-hybridized carbons (Fsp3) is 0.500. The molecule has 2 heterocycles. The summed E-state index contributed by atoms with van der Waals surface area (Å²) in [6, 6.07) is 16.9. The Labute approximate surface area is 210 Å². The molecule has 1 fully saturated rings. The highest BCUT2D eigenvalue weighted by molar-refractivity contribution is 5.85. The Bertz CT molecular complexity index is 1050. The third-order valence-corrected chi connectivity index (χ3v) is 7.22. The highest BCUT2D eigenvalue weighted by atomic mass is 16.6.